The van der Waals surface area contributed by atoms with Crippen LogP contribution in [-0.4, -0.2) is 33.9 Å². The van der Waals surface area contributed by atoms with E-state index in [1.165, 1.54) is 0 Å². The van der Waals surface area contributed by atoms with Gasteiger partial charge >= 0.3 is 0 Å². The minimum Gasteiger partial charge on any atom is -0.493 e. The van der Waals surface area contributed by atoms with Crippen molar-refractivity contribution in [3.8, 4) is 5.75 Å². The van der Waals surface area contributed by atoms with E-state index in [4.69, 9.17) is 38.8 Å². The number of nitrogens with zero attached hydrogens (tertiary/aromatic N) is 2. The van der Waals surface area contributed by atoms with Crippen LogP contribution < -0.4 is 10.2 Å². The number of pyridine rings is 1. The second-order valence-electron chi connectivity index (χ2n) is 8.22. The van der Waals surface area contributed by atoms with E-state index >= 15 is 0 Å². The van der Waals surface area contributed by atoms with Gasteiger partial charge < -0.3 is 4.74 Å². The van der Waals surface area contributed by atoms with Crippen LogP contribution in [0.25, 0.3) is 0 Å². The summed E-state index contributed by atoms with van der Waals surface area (Å²) < 4.78 is 7.92. The average molecular weight is 512 g/mol. The number of halogens is 3. The molecule has 8 heteroatoms. The molecule has 1 saturated carbocycles. The molecule has 1 aromatic carbocycles. The van der Waals surface area contributed by atoms with Gasteiger partial charge in [0.15, 0.2) is 4.74 Å². The van der Waals surface area contributed by atoms with E-state index in [1.807, 2.05) is 18.3 Å². The lowest BCUT2D eigenvalue weighted by atomic mass is 9.97. The first kappa shape index (κ1) is 21.9. The Morgan fingerprint density at radius 3 is 2.33 bits per heavy atom. The van der Waals surface area contributed by atoms with E-state index in [1.54, 1.807) is 16.7 Å². The fraction of sp³-hybridized carbons (Fsp3) is 0.455. The number of hydrogen-bond acceptors (Lipinski definition) is 4. The predicted octanol–water partition coefficient (Wildman–Crippen LogP) is 5.62. The summed E-state index contributed by atoms with van der Waals surface area (Å²) in [7, 11) is 0. The summed E-state index contributed by atoms with van der Waals surface area (Å²) in [6.07, 6.45) is 6.34. The molecule has 0 spiro atoms. The van der Waals surface area contributed by atoms with Gasteiger partial charge in [-0.2, -0.15) is 0 Å². The Morgan fingerprint density at radius 2 is 1.73 bits per heavy atom. The largest absolute Gasteiger partial charge is 0.493 e. The lowest BCUT2D eigenvalue weighted by molar-refractivity contribution is 0.136. The van der Waals surface area contributed by atoms with E-state index in [0.29, 0.717) is 28.5 Å². The summed E-state index contributed by atoms with van der Waals surface area (Å²) in [5, 5.41) is 17.3. The molecule has 2 N–H and O–H groups in total. The molecule has 30 heavy (non-hydrogen) atoms. The topological polar surface area (TPSA) is 65.1 Å². The standard InChI is InChI=1S/C22H25BrCl2N4O/c23-22(27)29-12-19(16-1-2-16)20(10-21(29)26)30-13-14-3-5-28(6-4-14)11-15-7-17(24)9-18(25)8-15/h7-10,12,14,16,26-27H,1-6,11,13H2. The number of rotatable bonds is 6. The van der Waals surface area contributed by atoms with Gasteiger partial charge in [0.05, 0.1) is 6.61 Å². The molecule has 0 amide bonds. The minimum absolute atomic E-state index is 0.175. The number of ether oxygens (including phenoxy) is 1. The Bertz CT molecular complexity index is 977. The smallest absolute Gasteiger partial charge is 0.175 e. The molecule has 2 heterocycles. The van der Waals surface area contributed by atoms with E-state index in [-0.39, 0.29) is 10.2 Å². The van der Waals surface area contributed by atoms with Gasteiger partial charge in [0.25, 0.3) is 0 Å². The Hall–Kier alpha value is -1.34. The van der Waals surface area contributed by atoms with Gasteiger partial charge in [-0.3, -0.25) is 20.3 Å². The molecule has 1 saturated heterocycles. The first-order valence-corrected chi connectivity index (χ1v) is 11.8. The monoisotopic (exact) mass is 510 g/mol. The van der Waals surface area contributed by atoms with Gasteiger partial charge in [0, 0.05) is 34.4 Å². The molecule has 0 atom stereocenters. The molecule has 1 aromatic heterocycles. The van der Waals surface area contributed by atoms with Gasteiger partial charge in [-0.15, -0.1) is 0 Å². The maximum atomic E-state index is 8.17. The molecule has 0 bridgehead atoms. The Morgan fingerprint density at radius 1 is 1.07 bits per heavy atom. The van der Waals surface area contributed by atoms with Gasteiger partial charge in [-0.1, -0.05) is 23.2 Å². The maximum absolute atomic E-state index is 8.17. The fourth-order valence-electron chi connectivity index (χ4n) is 4.02. The first-order valence-electron chi connectivity index (χ1n) is 10.2. The van der Waals surface area contributed by atoms with Crippen molar-refractivity contribution >= 4 is 43.9 Å². The van der Waals surface area contributed by atoms with Crippen LogP contribution >= 0.6 is 39.1 Å². The third kappa shape index (κ3) is 5.47. The highest BCUT2D eigenvalue weighted by Crippen LogP contribution is 2.44. The van der Waals surface area contributed by atoms with Crippen molar-refractivity contribution in [1.29, 1.82) is 10.8 Å². The highest BCUT2D eigenvalue weighted by atomic mass is 79.9. The van der Waals surface area contributed by atoms with Crippen LogP contribution in [0.15, 0.2) is 30.5 Å². The third-order valence-electron chi connectivity index (χ3n) is 5.82. The van der Waals surface area contributed by atoms with E-state index in [0.717, 1.165) is 62.2 Å². The van der Waals surface area contributed by atoms with Crippen molar-refractivity contribution in [2.45, 2.75) is 38.1 Å². The Balaban J connectivity index is 1.33. The van der Waals surface area contributed by atoms with E-state index in [2.05, 4.69) is 20.8 Å². The third-order valence-corrected chi connectivity index (χ3v) is 6.64. The van der Waals surface area contributed by atoms with Crippen molar-refractivity contribution in [3.05, 3.63) is 57.1 Å². The lowest BCUT2D eigenvalue weighted by Gasteiger charge is -2.32. The summed E-state index contributed by atoms with van der Waals surface area (Å²) in [6.45, 7) is 3.57. The zero-order valence-corrected chi connectivity index (χ0v) is 19.7. The predicted molar refractivity (Wildman–Crippen MR) is 124 cm³/mol. The summed E-state index contributed by atoms with van der Waals surface area (Å²) in [4.78, 5) is 2.43. The maximum Gasteiger partial charge on any atom is 0.175 e. The zero-order valence-electron chi connectivity index (χ0n) is 16.6. The molecule has 0 unspecified atom stereocenters. The number of likely N-dealkylation sites (tertiary alicyclic amines) is 1. The van der Waals surface area contributed by atoms with Gasteiger partial charge in [-0.05, 0) is 90.3 Å². The molecule has 5 nitrogen and oxygen atoms in total. The van der Waals surface area contributed by atoms with Crippen LogP contribution in [0, 0.1) is 16.7 Å². The van der Waals surface area contributed by atoms with Crippen LogP contribution in [0.3, 0.4) is 0 Å². The van der Waals surface area contributed by atoms with E-state index in [9.17, 15) is 0 Å². The molecule has 1 aliphatic carbocycles. The average Bonchev–Trinajstić information content (AvgIpc) is 3.51. The molecule has 2 fully saturated rings. The molecule has 160 valence electrons. The van der Waals surface area contributed by atoms with Gasteiger partial charge in [-0.25, -0.2) is 0 Å². The molecule has 0 radical (unpaired) electrons. The lowest BCUT2D eigenvalue weighted by Crippen LogP contribution is -2.35. The SMILES string of the molecule is N=C(Br)n1cc(C2CC2)c(OCC2CCN(Cc3cc(Cl)cc(Cl)c3)CC2)cc1=N. The quantitative estimate of drug-likeness (QED) is 0.390. The Labute approximate surface area is 195 Å². The minimum atomic E-state index is 0.175. The van der Waals surface area contributed by atoms with Crippen molar-refractivity contribution in [2.24, 2.45) is 5.92 Å². The summed E-state index contributed by atoms with van der Waals surface area (Å²) in [6, 6.07) is 7.48. The molecule has 4 rings (SSSR count). The first-order chi connectivity index (χ1) is 14.4. The number of piperidine rings is 1. The zero-order chi connectivity index (χ0) is 21.3. The second-order valence-corrected chi connectivity index (χ2v) is 9.85. The van der Waals surface area contributed by atoms with Crippen molar-refractivity contribution in [1.82, 2.24) is 9.47 Å². The number of aromatic nitrogens is 1. The van der Waals surface area contributed by atoms with Crippen molar-refractivity contribution in [3.63, 3.8) is 0 Å². The Kier molecular flexibility index (Phi) is 6.88. The molecule has 1 aliphatic heterocycles. The molecule has 2 aromatic rings. The molecule has 2 aliphatic rings. The van der Waals surface area contributed by atoms with Crippen LogP contribution in [0.5, 0.6) is 5.75 Å². The van der Waals surface area contributed by atoms with Crippen LogP contribution in [0.4, 0.5) is 0 Å². The van der Waals surface area contributed by atoms with Gasteiger partial charge in [0.2, 0.25) is 0 Å². The fourth-order valence-corrected chi connectivity index (χ4v) is 4.88. The summed E-state index contributed by atoms with van der Waals surface area (Å²) in [5.41, 5.74) is 2.52. The highest BCUT2D eigenvalue weighted by molar-refractivity contribution is 9.18. The van der Waals surface area contributed by atoms with Gasteiger partial charge in [0.1, 0.15) is 11.2 Å². The molecular formula is C22H25BrCl2N4O. The highest BCUT2D eigenvalue weighted by Gasteiger charge is 2.28. The van der Waals surface area contributed by atoms with E-state index < -0.39 is 0 Å². The van der Waals surface area contributed by atoms with Crippen molar-refractivity contribution < 1.29 is 4.74 Å². The van der Waals surface area contributed by atoms with Crippen LogP contribution in [-0.2, 0) is 6.54 Å². The van der Waals surface area contributed by atoms with Crippen LogP contribution in [0.2, 0.25) is 10.0 Å². The molecular weight excluding hydrogens is 487 g/mol. The van der Waals surface area contributed by atoms with Crippen molar-refractivity contribution in [2.75, 3.05) is 19.7 Å². The normalized spacial score (nSPS) is 17.8. The number of nitrogens with one attached hydrogen (secondary N) is 2. The summed E-state index contributed by atoms with van der Waals surface area (Å²) in [5.74, 6) is 1.81. The summed E-state index contributed by atoms with van der Waals surface area (Å²) >= 11 is 15.4. The number of hydrogen-bond donors (Lipinski definition) is 2. The van der Waals surface area contributed by atoms with Crippen LogP contribution in [0.1, 0.15) is 42.7 Å². The second kappa shape index (κ2) is 9.43. The number of benzene rings is 1.